The SMILES string of the molecule is CC(C)CCCC(C)C1CCC2(C)C3=CCC4C(C)C(O)CCC4(C)C3=CCC12C. The fraction of sp³-hybridized carbons (Fsp3) is 0.862. The molecule has 1 N–H and O–H groups in total. The molecule has 0 aliphatic heterocycles. The summed E-state index contributed by atoms with van der Waals surface area (Å²) in [5.74, 6) is 3.55. The molecule has 0 spiro atoms. The zero-order valence-electron chi connectivity index (χ0n) is 20.9. The summed E-state index contributed by atoms with van der Waals surface area (Å²) >= 11 is 0. The van der Waals surface area contributed by atoms with Gasteiger partial charge in [0.2, 0.25) is 0 Å². The molecule has 8 atom stereocenters. The minimum Gasteiger partial charge on any atom is -0.393 e. The number of hydrogen-bond donors (Lipinski definition) is 1. The Bertz CT molecular complexity index is 716. The van der Waals surface area contributed by atoms with Crippen LogP contribution in [0.2, 0.25) is 0 Å². The molecule has 30 heavy (non-hydrogen) atoms. The molecule has 4 aliphatic rings. The predicted octanol–water partition coefficient (Wildman–Crippen LogP) is 7.94. The fourth-order valence-electron chi connectivity index (χ4n) is 8.63. The highest BCUT2D eigenvalue weighted by molar-refractivity contribution is 5.49. The summed E-state index contributed by atoms with van der Waals surface area (Å²) in [6, 6.07) is 0. The molecule has 0 saturated heterocycles. The lowest BCUT2D eigenvalue weighted by Gasteiger charge is -2.58. The van der Waals surface area contributed by atoms with Gasteiger partial charge >= 0.3 is 0 Å². The van der Waals surface area contributed by atoms with Gasteiger partial charge in [-0.05, 0) is 95.5 Å². The molecule has 0 aromatic rings. The zero-order chi connectivity index (χ0) is 21.9. The molecule has 0 heterocycles. The van der Waals surface area contributed by atoms with Gasteiger partial charge < -0.3 is 5.11 Å². The average Bonchev–Trinajstić information content (AvgIpc) is 2.96. The van der Waals surface area contributed by atoms with Gasteiger partial charge in [0.15, 0.2) is 0 Å². The molecule has 0 radical (unpaired) electrons. The molecule has 2 saturated carbocycles. The second-order valence-corrected chi connectivity index (χ2v) is 12.9. The van der Waals surface area contributed by atoms with Crippen molar-refractivity contribution < 1.29 is 5.11 Å². The van der Waals surface area contributed by atoms with Crippen LogP contribution in [0.4, 0.5) is 0 Å². The summed E-state index contributed by atoms with van der Waals surface area (Å²) in [5, 5.41) is 10.5. The van der Waals surface area contributed by atoms with E-state index in [1.54, 1.807) is 11.1 Å². The van der Waals surface area contributed by atoms with Crippen molar-refractivity contribution in [2.75, 3.05) is 0 Å². The van der Waals surface area contributed by atoms with Crippen molar-refractivity contribution in [3.63, 3.8) is 0 Å². The predicted molar refractivity (Wildman–Crippen MR) is 128 cm³/mol. The zero-order valence-corrected chi connectivity index (χ0v) is 20.9. The lowest BCUT2D eigenvalue weighted by molar-refractivity contribution is -0.0247. The molecule has 0 aromatic heterocycles. The molecule has 8 unspecified atom stereocenters. The Balaban J connectivity index is 1.61. The number of fused-ring (bicyclic) bond motifs is 5. The van der Waals surface area contributed by atoms with Crippen LogP contribution in [-0.4, -0.2) is 11.2 Å². The van der Waals surface area contributed by atoms with Crippen LogP contribution in [0.15, 0.2) is 23.3 Å². The maximum absolute atomic E-state index is 10.5. The molecule has 1 heteroatoms. The average molecular weight is 413 g/mol. The van der Waals surface area contributed by atoms with E-state index in [2.05, 4.69) is 60.6 Å². The van der Waals surface area contributed by atoms with Crippen molar-refractivity contribution in [1.82, 2.24) is 0 Å². The second kappa shape index (κ2) is 7.79. The third kappa shape index (κ3) is 3.20. The van der Waals surface area contributed by atoms with Gasteiger partial charge in [0.1, 0.15) is 0 Å². The van der Waals surface area contributed by atoms with Gasteiger partial charge in [-0.15, -0.1) is 0 Å². The summed E-state index contributed by atoms with van der Waals surface area (Å²) in [6.07, 6.45) is 16.7. The standard InChI is InChI=1S/C29H48O/c1-19(2)9-8-10-20(3)22-13-17-29(7)25-12-11-23-21(4)26(30)15-16-27(23,5)24(25)14-18-28(22,29)6/h12,14,19-23,26,30H,8-11,13,15-18H2,1-7H3. The Morgan fingerprint density at radius 2 is 1.73 bits per heavy atom. The van der Waals surface area contributed by atoms with Gasteiger partial charge in [-0.2, -0.15) is 0 Å². The smallest absolute Gasteiger partial charge is 0.0569 e. The van der Waals surface area contributed by atoms with Gasteiger partial charge in [0.05, 0.1) is 6.10 Å². The minimum absolute atomic E-state index is 0.106. The lowest BCUT2D eigenvalue weighted by Crippen LogP contribution is -2.50. The Morgan fingerprint density at radius 3 is 2.43 bits per heavy atom. The summed E-state index contributed by atoms with van der Waals surface area (Å²) in [6.45, 7) is 17.4. The minimum atomic E-state index is -0.106. The van der Waals surface area contributed by atoms with Crippen LogP contribution in [0.1, 0.15) is 106 Å². The fourth-order valence-corrected chi connectivity index (χ4v) is 8.63. The number of rotatable bonds is 5. The largest absolute Gasteiger partial charge is 0.393 e. The molecular formula is C29H48O. The number of allylic oxidation sites excluding steroid dienone is 4. The number of hydrogen-bond acceptors (Lipinski definition) is 1. The molecular weight excluding hydrogens is 364 g/mol. The molecule has 0 amide bonds. The van der Waals surface area contributed by atoms with E-state index in [1.807, 2.05) is 0 Å². The van der Waals surface area contributed by atoms with Crippen molar-refractivity contribution in [2.24, 2.45) is 45.8 Å². The van der Waals surface area contributed by atoms with Crippen LogP contribution >= 0.6 is 0 Å². The van der Waals surface area contributed by atoms with Crippen molar-refractivity contribution in [2.45, 2.75) is 112 Å². The molecule has 0 bridgehead atoms. The van der Waals surface area contributed by atoms with E-state index >= 15 is 0 Å². The monoisotopic (exact) mass is 412 g/mol. The van der Waals surface area contributed by atoms with Gasteiger partial charge in [-0.1, -0.05) is 79.9 Å². The molecule has 0 aromatic carbocycles. The Morgan fingerprint density at radius 1 is 1.00 bits per heavy atom. The Kier molecular flexibility index (Phi) is 5.87. The first-order chi connectivity index (χ1) is 14.0. The molecule has 2 fully saturated rings. The van der Waals surface area contributed by atoms with E-state index in [4.69, 9.17) is 0 Å². The van der Waals surface area contributed by atoms with Crippen LogP contribution in [0, 0.1) is 45.8 Å². The molecule has 170 valence electrons. The van der Waals surface area contributed by atoms with E-state index in [0.717, 1.165) is 30.6 Å². The van der Waals surface area contributed by atoms with E-state index in [1.165, 1.54) is 44.9 Å². The molecule has 1 nitrogen and oxygen atoms in total. The van der Waals surface area contributed by atoms with Crippen molar-refractivity contribution in [1.29, 1.82) is 0 Å². The number of aliphatic hydroxyl groups excluding tert-OH is 1. The highest BCUT2D eigenvalue weighted by Crippen LogP contribution is 2.70. The maximum Gasteiger partial charge on any atom is 0.0569 e. The van der Waals surface area contributed by atoms with Crippen LogP contribution in [0.25, 0.3) is 0 Å². The summed E-state index contributed by atoms with van der Waals surface area (Å²) < 4.78 is 0. The maximum atomic E-state index is 10.5. The summed E-state index contributed by atoms with van der Waals surface area (Å²) in [5.41, 5.74) is 4.42. The van der Waals surface area contributed by atoms with Crippen molar-refractivity contribution >= 4 is 0 Å². The Labute approximate surface area is 186 Å². The van der Waals surface area contributed by atoms with Crippen LogP contribution in [0.5, 0.6) is 0 Å². The van der Waals surface area contributed by atoms with E-state index in [9.17, 15) is 5.11 Å². The quantitative estimate of drug-likeness (QED) is 0.486. The van der Waals surface area contributed by atoms with Crippen molar-refractivity contribution in [3.05, 3.63) is 23.3 Å². The van der Waals surface area contributed by atoms with Crippen LogP contribution in [-0.2, 0) is 0 Å². The molecule has 4 aliphatic carbocycles. The van der Waals surface area contributed by atoms with Crippen LogP contribution in [0.3, 0.4) is 0 Å². The summed E-state index contributed by atoms with van der Waals surface area (Å²) in [4.78, 5) is 0. The highest BCUT2D eigenvalue weighted by atomic mass is 16.3. The lowest BCUT2D eigenvalue weighted by atomic mass is 9.46. The first kappa shape index (κ1) is 22.6. The van der Waals surface area contributed by atoms with Crippen LogP contribution < -0.4 is 0 Å². The van der Waals surface area contributed by atoms with E-state index in [0.29, 0.717) is 22.7 Å². The second-order valence-electron chi connectivity index (χ2n) is 12.9. The first-order valence-corrected chi connectivity index (χ1v) is 13.1. The van der Waals surface area contributed by atoms with Gasteiger partial charge in [-0.3, -0.25) is 0 Å². The topological polar surface area (TPSA) is 20.2 Å². The third-order valence-electron chi connectivity index (χ3n) is 11.0. The summed E-state index contributed by atoms with van der Waals surface area (Å²) in [7, 11) is 0. The highest BCUT2D eigenvalue weighted by Gasteiger charge is 2.61. The van der Waals surface area contributed by atoms with E-state index < -0.39 is 0 Å². The normalized spacial score (nSPS) is 46.6. The third-order valence-corrected chi connectivity index (χ3v) is 11.0. The van der Waals surface area contributed by atoms with Gasteiger partial charge in [-0.25, -0.2) is 0 Å². The van der Waals surface area contributed by atoms with E-state index in [-0.39, 0.29) is 11.5 Å². The number of aliphatic hydroxyl groups is 1. The first-order valence-electron chi connectivity index (χ1n) is 13.1. The van der Waals surface area contributed by atoms with Crippen molar-refractivity contribution in [3.8, 4) is 0 Å². The Hall–Kier alpha value is -0.560. The van der Waals surface area contributed by atoms with Gasteiger partial charge in [0.25, 0.3) is 0 Å². The van der Waals surface area contributed by atoms with Gasteiger partial charge in [0, 0.05) is 0 Å². The molecule has 4 rings (SSSR count).